The minimum absolute atomic E-state index is 0.262. The summed E-state index contributed by atoms with van der Waals surface area (Å²) < 4.78 is 23.1. The number of hydrogen-bond acceptors (Lipinski definition) is 4. The van der Waals surface area contributed by atoms with Crippen molar-refractivity contribution in [2.24, 2.45) is 0 Å². The molecule has 0 atom stereocenters. The van der Waals surface area contributed by atoms with E-state index in [1.165, 1.54) is 24.7 Å². The summed E-state index contributed by atoms with van der Waals surface area (Å²) in [5.41, 5.74) is 2.29. The Morgan fingerprint density at radius 1 is 0.947 bits per heavy atom. The minimum Gasteiger partial charge on any atom is -0.454 e. The molecule has 0 bridgehead atoms. The summed E-state index contributed by atoms with van der Waals surface area (Å²) in [4.78, 5) is 4.25. The molecule has 1 N–H and O–H groups in total. The summed E-state index contributed by atoms with van der Waals surface area (Å²) >= 11 is 0. The predicted molar refractivity (Wildman–Crippen MR) is 68.0 cm³/mol. The normalized spacial score (nSPS) is 13.9. The molecule has 5 heteroatoms. The van der Waals surface area contributed by atoms with E-state index in [9.17, 15) is 4.39 Å². The van der Waals surface area contributed by atoms with Gasteiger partial charge in [0, 0.05) is 5.69 Å². The van der Waals surface area contributed by atoms with Crippen LogP contribution in [0.4, 0.5) is 15.8 Å². The number of pyridine rings is 1. The minimum atomic E-state index is -0.472. The van der Waals surface area contributed by atoms with Gasteiger partial charge in [0.15, 0.2) is 0 Å². The van der Waals surface area contributed by atoms with Gasteiger partial charge in [0.1, 0.15) is 24.0 Å². The van der Waals surface area contributed by atoms with Crippen LogP contribution in [0.25, 0.3) is 0 Å². The molecule has 0 fully saturated rings. The summed E-state index contributed by atoms with van der Waals surface area (Å²) in [6.45, 7) is 0. The molecular formula is C14H11FN2O2. The van der Waals surface area contributed by atoms with Gasteiger partial charge in [-0.3, -0.25) is 4.98 Å². The topological polar surface area (TPSA) is 43.4 Å². The molecule has 3 rings (SSSR count). The average Bonchev–Trinajstić information content (AvgIpc) is 2.96. The lowest BCUT2D eigenvalue weighted by Crippen LogP contribution is -2.01. The molecule has 0 saturated carbocycles. The lowest BCUT2D eigenvalue weighted by atomic mass is 10.3. The number of nitrogens with one attached hydrogen (secondary N) is 1. The number of benzene rings is 1. The van der Waals surface area contributed by atoms with Gasteiger partial charge in [-0.25, -0.2) is 4.39 Å². The smallest absolute Gasteiger partial charge is 0.283 e. The number of hydrogen-bond donors (Lipinski definition) is 1. The van der Waals surface area contributed by atoms with Crippen molar-refractivity contribution in [3.63, 3.8) is 0 Å². The van der Waals surface area contributed by atoms with Crippen LogP contribution in [0.2, 0.25) is 0 Å². The van der Waals surface area contributed by atoms with Gasteiger partial charge in [-0.1, -0.05) is 0 Å². The Labute approximate surface area is 109 Å². The summed E-state index contributed by atoms with van der Waals surface area (Å²) in [5.74, 6) is -0.262. The summed E-state index contributed by atoms with van der Waals surface area (Å²) in [6.07, 6.45) is 4.16. The van der Waals surface area contributed by atoms with E-state index in [2.05, 4.69) is 10.3 Å². The standard InChI is InChI=1S/C14H11FN2O2/c15-10-1-3-11(4-2-10)17-12-5-6-13(16-9-12)14-18-7-8-19-14/h1-9,14,17H. The van der Waals surface area contributed by atoms with Gasteiger partial charge in [-0.15, -0.1) is 0 Å². The summed E-state index contributed by atoms with van der Waals surface area (Å²) in [7, 11) is 0. The monoisotopic (exact) mass is 258 g/mol. The molecule has 96 valence electrons. The van der Waals surface area contributed by atoms with Crippen LogP contribution in [-0.2, 0) is 9.47 Å². The molecule has 0 radical (unpaired) electrons. The first-order chi connectivity index (χ1) is 9.31. The molecule has 1 aromatic heterocycles. The second-order valence-electron chi connectivity index (χ2n) is 3.98. The van der Waals surface area contributed by atoms with Gasteiger partial charge >= 0.3 is 0 Å². The van der Waals surface area contributed by atoms with Crippen LogP contribution in [0.5, 0.6) is 0 Å². The van der Waals surface area contributed by atoms with Crippen molar-refractivity contribution >= 4 is 11.4 Å². The van der Waals surface area contributed by atoms with Crippen LogP contribution in [0.3, 0.4) is 0 Å². The Balaban J connectivity index is 1.70. The van der Waals surface area contributed by atoms with Crippen molar-refractivity contribution in [3.8, 4) is 0 Å². The van der Waals surface area contributed by atoms with Crippen LogP contribution in [0, 0.1) is 5.82 Å². The lowest BCUT2D eigenvalue weighted by molar-refractivity contribution is -0.0279. The maximum atomic E-state index is 12.8. The van der Waals surface area contributed by atoms with E-state index in [0.717, 1.165) is 11.4 Å². The fraction of sp³-hybridized carbons (Fsp3) is 0.0714. The van der Waals surface area contributed by atoms with E-state index in [1.54, 1.807) is 18.3 Å². The number of ether oxygens (including phenoxy) is 2. The zero-order valence-corrected chi connectivity index (χ0v) is 9.92. The highest BCUT2D eigenvalue weighted by Gasteiger charge is 2.16. The molecule has 1 aromatic carbocycles. The molecule has 0 spiro atoms. The molecular weight excluding hydrogens is 247 g/mol. The quantitative estimate of drug-likeness (QED) is 0.915. The van der Waals surface area contributed by atoms with Crippen molar-refractivity contribution in [1.29, 1.82) is 0 Å². The third-order valence-corrected chi connectivity index (χ3v) is 2.62. The highest BCUT2D eigenvalue weighted by Crippen LogP contribution is 2.23. The number of rotatable bonds is 3. The van der Waals surface area contributed by atoms with Crippen LogP contribution in [0.15, 0.2) is 55.1 Å². The van der Waals surface area contributed by atoms with E-state index in [1.807, 2.05) is 12.1 Å². The van der Waals surface area contributed by atoms with Gasteiger partial charge in [0.25, 0.3) is 6.29 Å². The molecule has 19 heavy (non-hydrogen) atoms. The summed E-state index contributed by atoms with van der Waals surface area (Å²) in [5, 5.41) is 3.12. The molecule has 0 unspecified atom stereocenters. The van der Waals surface area contributed by atoms with Crippen LogP contribution >= 0.6 is 0 Å². The zero-order chi connectivity index (χ0) is 13.1. The van der Waals surface area contributed by atoms with Crippen LogP contribution < -0.4 is 5.32 Å². The van der Waals surface area contributed by atoms with Gasteiger partial charge in [0.2, 0.25) is 0 Å². The van der Waals surface area contributed by atoms with Crippen LogP contribution in [-0.4, -0.2) is 4.98 Å². The Kier molecular flexibility index (Phi) is 3.02. The number of nitrogens with zero attached hydrogens (tertiary/aromatic N) is 1. The molecule has 0 amide bonds. The van der Waals surface area contributed by atoms with Crippen molar-refractivity contribution < 1.29 is 13.9 Å². The fourth-order valence-corrected chi connectivity index (χ4v) is 1.70. The SMILES string of the molecule is Fc1ccc(Nc2ccc(C3OC=CO3)nc2)cc1. The molecule has 0 saturated heterocycles. The molecule has 2 aromatic rings. The first-order valence-corrected chi connectivity index (χ1v) is 5.76. The van der Waals surface area contributed by atoms with Gasteiger partial charge < -0.3 is 14.8 Å². The van der Waals surface area contributed by atoms with Crippen molar-refractivity contribution in [2.75, 3.05) is 5.32 Å². The maximum Gasteiger partial charge on any atom is 0.283 e. The van der Waals surface area contributed by atoms with E-state index in [-0.39, 0.29) is 5.82 Å². The first kappa shape index (κ1) is 11.5. The van der Waals surface area contributed by atoms with Gasteiger partial charge in [-0.05, 0) is 36.4 Å². The second kappa shape index (κ2) is 4.97. The largest absolute Gasteiger partial charge is 0.454 e. The Bertz CT molecular complexity index is 573. The van der Waals surface area contributed by atoms with Gasteiger partial charge in [-0.2, -0.15) is 0 Å². The Morgan fingerprint density at radius 3 is 2.26 bits per heavy atom. The van der Waals surface area contributed by atoms with E-state index >= 15 is 0 Å². The first-order valence-electron chi connectivity index (χ1n) is 5.76. The highest BCUT2D eigenvalue weighted by atomic mass is 19.1. The third kappa shape index (κ3) is 2.65. The van der Waals surface area contributed by atoms with Crippen molar-refractivity contribution in [2.45, 2.75) is 6.29 Å². The predicted octanol–water partition coefficient (Wildman–Crippen LogP) is 3.48. The lowest BCUT2D eigenvalue weighted by Gasteiger charge is -2.10. The molecule has 4 nitrogen and oxygen atoms in total. The molecule has 0 aliphatic carbocycles. The second-order valence-corrected chi connectivity index (χ2v) is 3.98. The Hall–Kier alpha value is -2.56. The number of aromatic nitrogens is 1. The average molecular weight is 258 g/mol. The molecule has 2 heterocycles. The summed E-state index contributed by atoms with van der Waals surface area (Å²) in [6, 6.07) is 9.79. The number of anilines is 2. The Morgan fingerprint density at radius 2 is 1.63 bits per heavy atom. The fourth-order valence-electron chi connectivity index (χ4n) is 1.70. The molecule has 1 aliphatic heterocycles. The number of halogens is 1. The molecule has 1 aliphatic rings. The van der Waals surface area contributed by atoms with Crippen LogP contribution in [0.1, 0.15) is 12.0 Å². The van der Waals surface area contributed by atoms with E-state index < -0.39 is 6.29 Å². The highest BCUT2D eigenvalue weighted by molar-refractivity contribution is 5.58. The van der Waals surface area contributed by atoms with E-state index in [0.29, 0.717) is 5.69 Å². The zero-order valence-electron chi connectivity index (χ0n) is 9.92. The maximum absolute atomic E-state index is 12.8. The van der Waals surface area contributed by atoms with Gasteiger partial charge in [0.05, 0.1) is 11.9 Å². The third-order valence-electron chi connectivity index (χ3n) is 2.62. The van der Waals surface area contributed by atoms with E-state index in [4.69, 9.17) is 9.47 Å². The van der Waals surface area contributed by atoms with Crippen molar-refractivity contribution in [1.82, 2.24) is 4.98 Å². The van der Waals surface area contributed by atoms with Crippen molar-refractivity contribution in [3.05, 3.63) is 66.6 Å².